The molecular weight excluding hydrogens is 729 g/mol. The number of thiophene rings is 2. The Kier molecular flexibility index (Phi) is 12.8. The van der Waals surface area contributed by atoms with Crippen LogP contribution in [-0.4, -0.2) is 94.5 Å². The lowest BCUT2D eigenvalue weighted by atomic mass is 9.91. The number of H-pyrrole nitrogens is 1. The molecule has 1 fully saturated rings. The second-order valence-corrected chi connectivity index (χ2v) is 15.6. The van der Waals surface area contributed by atoms with E-state index in [4.69, 9.17) is 9.47 Å². The van der Waals surface area contributed by atoms with Gasteiger partial charge in [0.1, 0.15) is 17.6 Å². The van der Waals surface area contributed by atoms with E-state index in [1.54, 1.807) is 48.3 Å². The van der Waals surface area contributed by atoms with Crippen molar-refractivity contribution in [1.29, 1.82) is 0 Å². The number of hydrogen-bond donors (Lipinski definition) is 5. The van der Waals surface area contributed by atoms with Gasteiger partial charge in [-0.15, -0.1) is 22.7 Å². The van der Waals surface area contributed by atoms with Crippen molar-refractivity contribution in [2.24, 2.45) is 0 Å². The SMILES string of the molecule is CN(CCN(C)C1CCC(OC(=O)C(O)(c2cccs2)c2cccs2)CC1)C(=O)COc1ccc(CNC[C@@H](O)c2ccc(O)c3[nH]c(=O)ccc23)cc1. The molecule has 0 radical (unpaired) electrons. The summed E-state index contributed by atoms with van der Waals surface area (Å²) in [4.78, 5) is 45.5. The molecule has 286 valence electrons. The molecule has 2 aromatic carbocycles. The fraction of sp³-hybridized carbons (Fsp3) is 0.375. The molecule has 1 amide bonds. The number of aromatic hydroxyl groups is 1. The second kappa shape index (κ2) is 17.7. The van der Waals surface area contributed by atoms with Gasteiger partial charge in [0, 0.05) is 50.7 Å². The largest absolute Gasteiger partial charge is 0.506 e. The third-order valence-corrected chi connectivity index (χ3v) is 12.0. The van der Waals surface area contributed by atoms with E-state index in [2.05, 4.69) is 15.2 Å². The van der Waals surface area contributed by atoms with Crippen LogP contribution in [0.25, 0.3) is 10.9 Å². The third-order valence-electron chi connectivity index (χ3n) is 10.0. The van der Waals surface area contributed by atoms with E-state index in [0.29, 0.717) is 70.5 Å². The maximum Gasteiger partial charge on any atom is 0.349 e. The number of aromatic amines is 1. The van der Waals surface area contributed by atoms with Gasteiger partial charge in [-0.1, -0.05) is 30.3 Å². The number of benzene rings is 2. The second-order valence-electron chi connectivity index (χ2n) is 13.7. The Balaban J connectivity index is 0.885. The third kappa shape index (κ3) is 9.20. The number of fused-ring (bicyclic) bond motifs is 1. The smallest absolute Gasteiger partial charge is 0.349 e. The van der Waals surface area contributed by atoms with Gasteiger partial charge in [0.2, 0.25) is 11.2 Å². The van der Waals surface area contributed by atoms with Gasteiger partial charge in [-0.3, -0.25) is 9.59 Å². The predicted octanol–water partition coefficient (Wildman–Crippen LogP) is 4.74. The highest BCUT2D eigenvalue weighted by molar-refractivity contribution is 7.12. The van der Waals surface area contributed by atoms with E-state index in [-0.39, 0.29) is 36.5 Å². The zero-order valence-corrected chi connectivity index (χ0v) is 31.9. The van der Waals surface area contributed by atoms with Crippen molar-refractivity contribution < 1.29 is 34.4 Å². The molecule has 0 aliphatic heterocycles. The minimum Gasteiger partial charge on any atom is -0.506 e. The van der Waals surface area contributed by atoms with Crippen LogP contribution in [-0.2, 0) is 26.5 Å². The number of nitrogens with one attached hydrogen (secondary N) is 2. The minimum absolute atomic E-state index is 0.0564. The maximum absolute atomic E-state index is 13.4. The van der Waals surface area contributed by atoms with Gasteiger partial charge < -0.3 is 44.9 Å². The van der Waals surface area contributed by atoms with Crippen LogP contribution in [0.5, 0.6) is 11.5 Å². The number of nitrogens with zero attached hydrogens (tertiary/aromatic N) is 2. The Morgan fingerprint density at radius 2 is 1.63 bits per heavy atom. The Labute approximate surface area is 321 Å². The first kappa shape index (κ1) is 39.1. The van der Waals surface area contributed by atoms with Crippen molar-refractivity contribution in [2.45, 2.75) is 56.1 Å². The zero-order chi connectivity index (χ0) is 38.2. The van der Waals surface area contributed by atoms with Crippen LogP contribution < -0.4 is 15.6 Å². The highest BCUT2D eigenvalue weighted by Gasteiger charge is 2.45. The number of phenols is 1. The van der Waals surface area contributed by atoms with Gasteiger partial charge in [-0.2, -0.15) is 0 Å². The number of aliphatic hydroxyl groups is 2. The Morgan fingerprint density at radius 3 is 2.28 bits per heavy atom. The number of hydrogen-bond acceptors (Lipinski definition) is 12. The van der Waals surface area contributed by atoms with Crippen LogP contribution in [0.3, 0.4) is 0 Å². The van der Waals surface area contributed by atoms with E-state index in [0.717, 1.165) is 18.4 Å². The molecule has 0 bridgehead atoms. The normalized spacial score (nSPS) is 16.7. The zero-order valence-electron chi connectivity index (χ0n) is 30.3. The van der Waals surface area contributed by atoms with Gasteiger partial charge in [-0.05, 0) is 91.0 Å². The van der Waals surface area contributed by atoms with Crippen molar-refractivity contribution in [3.05, 3.63) is 115 Å². The number of pyridine rings is 1. The summed E-state index contributed by atoms with van der Waals surface area (Å²) in [5.74, 6) is -0.245. The lowest BCUT2D eigenvalue weighted by Crippen LogP contribution is -2.44. The van der Waals surface area contributed by atoms with Crippen molar-refractivity contribution in [3.63, 3.8) is 0 Å². The molecule has 0 spiro atoms. The Morgan fingerprint density at radius 1 is 0.944 bits per heavy atom. The maximum atomic E-state index is 13.4. The Bertz CT molecular complexity index is 2010. The van der Waals surface area contributed by atoms with Crippen LogP contribution in [0.1, 0.15) is 52.7 Å². The topological polar surface area (TPSA) is 165 Å². The van der Waals surface area contributed by atoms with E-state index < -0.39 is 17.7 Å². The van der Waals surface area contributed by atoms with Crippen molar-refractivity contribution in [1.82, 2.24) is 20.1 Å². The average molecular weight is 775 g/mol. The molecule has 3 heterocycles. The number of aliphatic hydroxyl groups excluding tert-OH is 1. The minimum atomic E-state index is -1.80. The molecule has 1 saturated carbocycles. The van der Waals surface area contributed by atoms with E-state index in [1.165, 1.54) is 34.8 Å². The quantitative estimate of drug-likeness (QED) is 0.0886. The van der Waals surface area contributed by atoms with Crippen molar-refractivity contribution in [3.8, 4) is 11.5 Å². The molecule has 5 aromatic rings. The summed E-state index contributed by atoms with van der Waals surface area (Å²) in [6.45, 7) is 1.88. The predicted molar refractivity (Wildman–Crippen MR) is 209 cm³/mol. The van der Waals surface area contributed by atoms with Gasteiger partial charge in [0.25, 0.3) is 5.91 Å². The van der Waals surface area contributed by atoms with E-state index >= 15 is 0 Å². The highest BCUT2D eigenvalue weighted by atomic mass is 32.1. The van der Waals surface area contributed by atoms with Crippen LogP contribution in [0.15, 0.2) is 88.4 Å². The molecule has 14 heteroatoms. The first-order valence-electron chi connectivity index (χ1n) is 17.9. The number of amides is 1. The van der Waals surface area contributed by atoms with Crippen LogP contribution in [0, 0.1) is 0 Å². The Hall–Kier alpha value is -4.57. The number of aromatic nitrogens is 1. The van der Waals surface area contributed by atoms with E-state index in [1.807, 2.05) is 42.1 Å². The summed E-state index contributed by atoms with van der Waals surface area (Å²) in [5, 5.41) is 39.9. The monoisotopic (exact) mass is 774 g/mol. The lowest BCUT2D eigenvalue weighted by molar-refractivity contribution is -0.169. The van der Waals surface area contributed by atoms with Gasteiger partial charge in [0.15, 0.2) is 6.61 Å². The molecule has 5 N–H and O–H groups in total. The number of phenolic OH excluding ortho intramolecular Hbond substituents is 1. The molecule has 0 saturated heterocycles. The summed E-state index contributed by atoms with van der Waals surface area (Å²) in [6, 6.07) is 20.9. The number of likely N-dealkylation sites (N-methyl/N-ethyl adjacent to an activating group) is 2. The van der Waals surface area contributed by atoms with Crippen molar-refractivity contribution >= 4 is 45.5 Å². The summed E-state index contributed by atoms with van der Waals surface area (Å²) < 4.78 is 11.7. The van der Waals surface area contributed by atoms with Gasteiger partial charge >= 0.3 is 5.97 Å². The number of carbonyl (C=O) groups excluding carboxylic acids is 2. The number of ether oxygens (including phenoxy) is 2. The summed E-state index contributed by atoms with van der Waals surface area (Å²) >= 11 is 2.66. The van der Waals surface area contributed by atoms with Gasteiger partial charge in [-0.25, -0.2) is 4.79 Å². The molecule has 6 rings (SSSR count). The molecular formula is C40H46N4O8S2. The van der Waals surface area contributed by atoms with Crippen LogP contribution >= 0.6 is 22.7 Å². The average Bonchev–Trinajstić information content (AvgIpc) is 3.93. The van der Waals surface area contributed by atoms with E-state index in [9.17, 15) is 29.7 Å². The lowest BCUT2D eigenvalue weighted by Gasteiger charge is -2.36. The number of carbonyl (C=O) groups is 2. The first-order valence-corrected chi connectivity index (χ1v) is 19.7. The standard InChI is InChI=1S/C40H46N4O8S2/c1-43(27-9-13-29(14-10-27)52-39(49)40(50,34-5-3-21-53-34)35-6-4-22-54-35)19-20-44(2)37(48)25-51-28-11-7-26(8-12-28)23-41-24-33(46)30-15-17-32(45)38-31(30)16-18-36(47)42-38/h3-8,11-12,15-18,21-22,27,29,33,41,45-46,50H,9-10,13-14,19-20,23-25H2,1-2H3,(H,42,47)/t27?,29?,33-/m1/s1. The van der Waals surface area contributed by atoms with Crippen LogP contribution in [0.4, 0.5) is 0 Å². The number of esters is 1. The summed E-state index contributed by atoms with van der Waals surface area (Å²) in [7, 11) is 3.81. The molecule has 3 aromatic heterocycles. The summed E-state index contributed by atoms with van der Waals surface area (Å²) in [6.07, 6.45) is 1.96. The highest BCUT2D eigenvalue weighted by Crippen LogP contribution is 2.38. The molecule has 1 aliphatic carbocycles. The van der Waals surface area contributed by atoms with Crippen LogP contribution in [0.2, 0.25) is 0 Å². The molecule has 12 nitrogen and oxygen atoms in total. The first-order chi connectivity index (χ1) is 26.0. The summed E-state index contributed by atoms with van der Waals surface area (Å²) in [5.41, 5.74) is -0.289. The molecule has 0 unspecified atom stereocenters. The van der Waals surface area contributed by atoms with Gasteiger partial charge in [0.05, 0.1) is 21.4 Å². The number of rotatable bonds is 16. The molecule has 1 aliphatic rings. The fourth-order valence-corrected chi connectivity index (χ4v) is 8.43. The molecule has 1 atom stereocenters. The van der Waals surface area contributed by atoms with Crippen molar-refractivity contribution in [2.75, 3.05) is 40.3 Å². The fourth-order valence-electron chi connectivity index (χ4n) is 6.72. The molecule has 54 heavy (non-hydrogen) atoms.